The van der Waals surface area contributed by atoms with Crippen LogP contribution in [0.5, 0.6) is 0 Å². The van der Waals surface area contributed by atoms with E-state index >= 15 is 0 Å². The summed E-state index contributed by atoms with van der Waals surface area (Å²) in [4.78, 5) is 13.0. The third kappa shape index (κ3) is 2.95. The van der Waals surface area contributed by atoms with Crippen LogP contribution in [0.15, 0.2) is 10.9 Å². The van der Waals surface area contributed by atoms with Gasteiger partial charge in [-0.1, -0.05) is 0 Å². The Kier molecular flexibility index (Phi) is 4.09. The summed E-state index contributed by atoms with van der Waals surface area (Å²) in [6.07, 6.45) is 0.904. The summed E-state index contributed by atoms with van der Waals surface area (Å²) in [6, 6.07) is 0. The minimum Gasteiger partial charge on any atom is -0.373 e. The van der Waals surface area contributed by atoms with Crippen LogP contribution in [0.25, 0.3) is 0 Å². The zero-order chi connectivity index (χ0) is 13.0. The molecule has 0 atom stereocenters. The molecule has 0 fully saturated rings. The van der Waals surface area contributed by atoms with Crippen molar-refractivity contribution < 1.29 is 0 Å². The first kappa shape index (κ1) is 12.8. The molecule has 0 aromatic carbocycles. The standard InChI is InChI=1S/C12H17N5S/c1-8-11(13-3)16-9(2)17-12(8)14-5-4-10-6-18-7-15-10/h6-7H,4-5H2,1-3H3,(H2,13,14,16,17). The molecule has 6 heteroatoms. The summed E-state index contributed by atoms with van der Waals surface area (Å²) in [6.45, 7) is 4.73. The molecule has 0 amide bonds. The largest absolute Gasteiger partial charge is 0.373 e. The van der Waals surface area contributed by atoms with E-state index in [2.05, 4.69) is 31.0 Å². The van der Waals surface area contributed by atoms with Crippen molar-refractivity contribution in [2.24, 2.45) is 0 Å². The van der Waals surface area contributed by atoms with E-state index in [-0.39, 0.29) is 0 Å². The number of hydrogen-bond donors (Lipinski definition) is 2. The zero-order valence-corrected chi connectivity index (χ0v) is 11.6. The number of hydrogen-bond acceptors (Lipinski definition) is 6. The van der Waals surface area contributed by atoms with Gasteiger partial charge in [-0.25, -0.2) is 15.0 Å². The molecular formula is C12H17N5S. The minimum atomic E-state index is 0.765. The van der Waals surface area contributed by atoms with Crippen LogP contribution in [0.2, 0.25) is 0 Å². The minimum absolute atomic E-state index is 0.765. The molecule has 2 N–H and O–H groups in total. The first-order chi connectivity index (χ1) is 8.70. The maximum atomic E-state index is 4.42. The third-order valence-electron chi connectivity index (χ3n) is 2.65. The second kappa shape index (κ2) is 5.77. The Morgan fingerprint density at radius 2 is 2.00 bits per heavy atom. The highest BCUT2D eigenvalue weighted by molar-refractivity contribution is 7.07. The van der Waals surface area contributed by atoms with Gasteiger partial charge in [-0.15, -0.1) is 11.3 Å². The highest BCUT2D eigenvalue weighted by Crippen LogP contribution is 2.19. The van der Waals surface area contributed by atoms with Crippen LogP contribution >= 0.6 is 11.3 Å². The predicted molar refractivity (Wildman–Crippen MR) is 75.4 cm³/mol. The van der Waals surface area contributed by atoms with E-state index in [4.69, 9.17) is 0 Å². The number of rotatable bonds is 5. The maximum Gasteiger partial charge on any atom is 0.134 e. The van der Waals surface area contributed by atoms with Crippen molar-refractivity contribution in [3.05, 3.63) is 28.0 Å². The molecule has 2 aromatic rings. The number of nitrogens with one attached hydrogen (secondary N) is 2. The molecule has 5 nitrogen and oxygen atoms in total. The first-order valence-corrected chi connectivity index (χ1v) is 6.79. The van der Waals surface area contributed by atoms with Crippen LogP contribution in [0.4, 0.5) is 11.6 Å². The van der Waals surface area contributed by atoms with Crippen LogP contribution in [-0.2, 0) is 6.42 Å². The summed E-state index contributed by atoms with van der Waals surface area (Å²) < 4.78 is 0. The van der Waals surface area contributed by atoms with Crippen molar-refractivity contribution in [1.29, 1.82) is 0 Å². The smallest absolute Gasteiger partial charge is 0.134 e. The van der Waals surface area contributed by atoms with Gasteiger partial charge in [-0.3, -0.25) is 0 Å². The summed E-state index contributed by atoms with van der Waals surface area (Å²) in [5.74, 6) is 2.53. The Bertz CT molecular complexity index is 509. The van der Waals surface area contributed by atoms with Crippen molar-refractivity contribution in [2.75, 3.05) is 24.2 Å². The molecule has 18 heavy (non-hydrogen) atoms. The molecule has 2 rings (SSSR count). The van der Waals surface area contributed by atoms with Gasteiger partial charge in [0, 0.05) is 31.0 Å². The monoisotopic (exact) mass is 263 g/mol. The summed E-state index contributed by atoms with van der Waals surface area (Å²) in [5, 5.41) is 8.49. The molecule has 96 valence electrons. The number of anilines is 2. The third-order valence-corrected chi connectivity index (χ3v) is 3.29. The van der Waals surface area contributed by atoms with Gasteiger partial charge in [0.05, 0.1) is 11.2 Å². The molecule has 0 aliphatic heterocycles. The van der Waals surface area contributed by atoms with Crippen LogP contribution in [-0.4, -0.2) is 28.5 Å². The van der Waals surface area contributed by atoms with Crippen molar-refractivity contribution in [3.63, 3.8) is 0 Å². The fourth-order valence-corrected chi connectivity index (χ4v) is 2.31. The van der Waals surface area contributed by atoms with Crippen LogP contribution < -0.4 is 10.6 Å². The normalized spacial score (nSPS) is 10.4. The van der Waals surface area contributed by atoms with Crippen LogP contribution in [0.1, 0.15) is 17.1 Å². The lowest BCUT2D eigenvalue weighted by Gasteiger charge is -2.12. The topological polar surface area (TPSA) is 62.7 Å². The molecule has 0 saturated heterocycles. The number of aromatic nitrogens is 3. The van der Waals surface area contributed by atoms with Crippen molar-refractivity contribution in [2.45, 2.75) is 20.3 Å². The quantitative estimate of drug-likeness (QED) is 0.866. The van der Waals surface area contributed by atoms with Gasteiger partial charge in [0.2, 0.25) is 0 Å². The van der Waals surface area contributed by atoms with E-state index in [9.17, 15) is 0 Å². The molecule has 0 bridgehead atoms. The van der Waals surface area contributed by atoms with Gasteiger partial charge in [-0.2, -0.15) is 0 Å². The van der Waals surface area contributed by atoms with E-state index in [0.717, 1.165) is 41.7 Å². The Morgan fingerprint density at radius 3 is 2.67 bits per heavy atom. The van der Waals surface area contributed by atoms with Crippen LogP contribution in [0, 0.1) is 13.8 Å². The molecule has 0 radical (unpaired) electrons. The van der Waals surface area contributed by atoms with Gasteiger partial charge in [0.25, 0.3) is 0 Å². The number of aryl methyl sites for hydroxylation is 1. The van der Waals surface area contributed by atoms with Crippen molar-refractivity contribution in [3.8, 4) is 0 Å². The van der Waals surface area contributed by atoms with E-state index in [0.29, 0.717) is 0 Å². The van der Waals surface area contributed by atoms with E-state index in [1.807, 2.05) is 26.4 Å². The summed E-state index contributed by atoms with van der Waals surface area (Å²) in [5.41, 5.74) is 4.01. The Balaban J connectivity index is 2.02. The van der Waals surface area contributed by atoms with Gasteiger partial charge in [0.1, 0.15) is 17.5 Å². The summed E-state index contributed by atoms with van der Waals surface area (Å²) in [7, 11) is 1.87. The van der Waals surface area contributed by atoms with E-state index in [1.54, 1.807) is 11.3 Å². The van der Waals surface area contributed by atoms with Crippen LogP contribution in [0.3, 0.4) is 0 Å². The zero-order valence-electron chi connectivity index (χ0n) is 10.8. The average Bonchev–Trinajstić information content (AvgIpc) is 2.86. The molecule has 0 aliphatic carbocycles. The SMILES string of the molecule is CNc1nc(C)nc(NCCc2cscn2)c1C. The number of nitrogens with zero attached hydrogens (tertiary/aromatic N) is 3. The average molecular weight is 263 g/mol. The fourth-order valence-electron chi connectivity index (χ4n) is 1.71. The van der Waals surface area contributed by atoms with Gasteiger partial charge >= 0.3 is 0 Å². The van der Waals surface area contributed by atoms with Gasteiger partial charge < -0.3 is 10.6 Å². The highest BCUT2D eigenvalue weighted by Gasteiger charge is 2.07. The second-order valence-corrected chi connectivity index (χ2v) is 4.72. The van der Waals surface area contributed by atoms with E-state index < -0.39 is 0 Å². The lowest BCUT2D eigenvalue weighted by Crippen LogP contribution is -2.11. The van der Waals surface area contributed by atoms with Gasteiger partial charge in [-0.05, 0) is 13.8 Å². The molecule has 0 unspecified atom stereocenters. The Labute approximate surface area is 111 Å². The first-order valence-electron chi connectivity index (χ1n) is 5.84. The van der Waals surface area contributed by atoms with E-state index in [1.165, 1.54) is 0 Å². The molecular weight excluding hydrogens is 246 g/mol. The molecule has 0 saturated carbocycles. The van der Waals surface area contributed by atoms with Crippen molar-refractivity contribution in [1.82, 2.24) is 15.0 Å². The maximum absolute atomic E-state index is 4.42. The molecule has 0 aliphatic rings. The Hall–Kier alpha value is -1.69. The molecule has 2 heterocycles. The predicted octanol–water partition coefficient (Wildman–Crippen LogP) is 2.25. The lowest BCUT2D eigenvalue weighted by molar-refractivity contribution is 0.948. The molecule has 0 spiro atoms. The lowest BCUT2D eigenvalue weighted by atomic mass is 10.3. The molecule has 2 aromatic heterocycles. The number of thiazole rings is 1. The highest BCUT2D eigenvalue weighted by atomic mass is 32.1. The summed E-state index contributed by atoms with van der Waals surface area (Å²) >= 11 is 1.62. The Morgan fingerprint density at radius 1 is 1.22 bits per heavy atom. The van der Waals surface area contributed by atoms with Crippen molar-refractivity contribution >= 4 is 23.0 Å². The fraction of sp³-hybridized carbons (Fsp3) is 0.417. The second-order valence-electron chi connectivity index (χ2n) is 4.00. The van der Waals surface area contributed by atoms with Gasteiger partial charge in [0.15, 0.2) is 0 Å².